The quantitative estimate of drug-likeness (QED) is 0.704. The van der Waals surface area contributed by atoms with Crippen LogP contribution in [0.2, 0.25) is 5.02 Å². The lowest BCUT2D eigenvalue weighted by atomic mass is 9.73. The van der Waals surface area contributed by atoms with Gasteiger partial charge in [0.15, 0.2) is 0 Å². The molecule has 3 aliphatic rings. The topological polar surface area (TPSA) is 95.6 Å². The lowest BCUT2D eigenvalue weighted by Crippen LogP contribution is -2.56. The Balaban J connectivity index is 1.69. The Hall–Kier alpha value is -2.42. The minimum atomic E-state index is -3.82. The predicted molar refractivity (Wildman–Crippen MR) is 118 cm³/mol. The molecular formula is C22H24ClN3O4S. The van der Waals surface area contributed by atoms with Crippen molar-refractivity contribution in [3.05, 3.63) is 59.1 Å². The number of nitrogens with zero attached hydrogens (tertiary/aromatic N) is 1. The second-order valence-corrected chi connectivity index (χ2v) is 10.1. The van der Waals surface area contributed by atoms with E-state index in [1.165, 1.54) is 16.4 Å². The van der Waals surface area contributed by atoms with Gasteiger partial charge in [0.05, 0.1) is 10.9 Å². The molecule has 1 aliphatic carbocycles. The Labute approximate surface area is 186 Å². The number of hydrogen-bond acceptors (Lipinski definition) is 4. The number of nitrogens with one attached hydrogen (secondary N) is 2. The van der Waals surface area contributed by atoms with Crippen LogP contribution in [-0.4, -0.2) is 37.1 Å². The van der Waals surface area contributed by atoms with Crippen molar-refractivity contribution in [2.45, 2.75) is 43.2 Å². The second-order valence-electron chi connectivity index (χ2n) is 7.85. The van der Waals surface area contributed by atoms with E-state index in [1.807, 2.05) is 6.92 Å². The Morgan fingerprint density at radius 3 is 2.39 bits per heavy atom. The van der Waals surface area contributed by atoms with Crippen LogP contribution in [-0.2, 0) is 14.8 Å². The molecule has 0 spiro atoms. The van der Waals surface area contributed by atoms with Gasteiger partial charge < -0.3 is 10.6 Å². The van der Waals surface area contributed by atoms with Crippen molar-refractivity contribution in [1.82, 2.24) is 9.62 Å². The molecule has 2 aliphatic heterocycles. The molecule has 2 N–H and O–H groups in total. The number of carbonyl (C=O) groups excluding carboxylic acids is 2. The average molecular weight is 462 g/mol. The fraction of sp³-hybridized carbons (Fsp3) is 0.364. The van der Waals surface area contributed by atoms with E-state index in [0.717, 1.165) is 5.56 Å². The second kappa shape index (κ2) is 8.61. The number of rotatable bonds is 5. The molecule has 2 aromatic rings. The van der Waals surface area contributed by atoms with Gasteiger partial charge in [-0.05, 0) is 61.7 Å². The highest BCUT2D eigenvalue weighted by atomic mass is 35.5. The summed E-state index contributed by atoms with van der Waals surface area (Å²) in [6, 6.07) is 11.9. The van der Waals surface area contributed by atoms with Gasteiger partial charge in [0, 0.05) is 35.6 Å². The number of ketones is 1. The van der Waals surface area contributed by atoms with E-state index in [1.54, 1.807) is 36.4 Å². The van der Waals surface area contributed by atoms with Crippen molar-refractivity contribution in [2.24, 2.45) is 5.92 Å². The van der Waals surface area contributed by atoms with E-state index in [-0.39, 0.29) is 35.1 Å². The van der Waals surface area contributed by atoms with Crippen LogP contribution in [0, 0.1) is 5.92 Å². The van der Waals surface area contributed by atoms with Crippen molar-refractivity contribution in [3.63, 3.8) is 0 Å². The van der Waals surface area contributed by atoms with E-state index in [0.29, 0.717) is 30.1 Å². The van der Waals surface area contributed by atoms with Crippen molar-refractivity contribution in [1.29, 1.82) is 0 Å². The lowest BCUT2D eigenvalue weighted by molar-refractivity contribution is -0.133. The highest BCUT2D eigenvalue weighted by Gasteiger charge is 2.52. The molecule has 9 heteroatoms. The first-order chi connectivity index (χ1) is 14.8. The molecule has 1 saturated carbocycles. The number of halogens is 1. The minimum Gasteiger partial charge on any atom is -0.338 e. The zero-order valence-electron chi connectivity index (χ0n) is 17.0. The number of benzene rings is 2. The number of Topliss-reactive ketones (excluding diaryl/α,β-unsaturated/α-hetero) is 1. The highest BCUT2D eigenvalue weighted by molar-refractivity contribution is 7.89. The van der Waals surface area contributed by atoms with Crippen LogP contribution in [0.4, 0.5) is 10.5 Å². The molecule has 31 heavy (non-hydrogen) atoms. The number of fused-ring (bicyclic) bond motifs is 3. The van der Waals surface area contributed by atoms with Crippen LogP contribution >= 0.6 is 11.6 Å². The van der Waals surface area contributed by atoms with E-state index < -0.39 is 16.1 Å². The lowest BCUT2D eigenvalue weighted by Gasteiger charge is -2.49. The van der Waals surface area contributed by atoms with Crippen LogP contribution in [0.3, 0.4) is 0 Å². The summed E-state index contributed by atoms with van der Waals surface area (Å²) in [5.74, 6) is -0.275. The van der Waals surface area contributed by atoms with Crippen LogP contribution in [0.25, 0.3) is 0 Å². The standard InChI is InChI=1S/C22H24ClN3O4S/c1-2-24-22(28)25-16-7-3-14(4-8-16)21-19-12-9-17(13-20(19)27)26(21)31(29,30)18-10-5-15(23)6-11-18/h3-8,10-11,17,19,21H,2,9,12-13H2,1H3,(H2,24,25,28)/t17-,19+,21+/m0/s1. The molecule has 0 unspecified atom stereocenters. The number of piperidine rings is 2. The largest absolute Gasteiger partial charge is 0.338 e. The predicted octanol–water partition coefficient (Wildman–Crippen LogP) is 3.96. The Morgan fingerprint density at radius 2 is 1.77 bits per heavy atom. The van der Waals surface area contributed by atoms with Crippen LogP contribution in [0.1, 0.15) is 37.8 Å². The number of amides is 2. The normalized spacial score (nSPS) is 23.5. The monoisotopic (exact) mass is 461 g/mol. The van der Waals surface area contributed by atoms with Gasteiger partial charge in [-0.1, -0.05) is 23.7 Å². The molecule has 2 aromatic carbocycles. The first-order valence-corrected chi connectivity index (χ1v) is 12.1. The molecule has 2 bridgehead atoms. The number of sulfonamides is 1. The van der Waals surface area contributed by atoms with Crippen LogP contribution in [0.5, 0.6) is 0 Å². The molecule has 2 heterocycles. The van der Waals surface area contributed by atoms with Crippen molar-refractivity contribution < 1.29 is 18.0 Å². The summed E-state index contributed by atoms with van der Waals surface area (Å²) in [6.45, 7) is 2.34. The molecule has 164 valence electrons. The zero-order valence-corrected chi connectivity index (χ0v) is 18.6. The van der Waals surface area contributed by atoms with Gasteiger partial charge >= 0.3 is 6.03 Å². The fourth-order valence-corrected chi connectivity index (χ4v) is 6.52. The first-order valence-electron chi connectivity index (χ1n) is 10.3. The Bertz CT molecular complexity index is 1090. The first kappa shape index (κ1) is 21.8. The Morgan fingerprint density at radius 1 is 1.10 bits per heavy atom. The van der Waals surface area contributed by atoms with Gasteiger partial charge in [-0.15, -0.1) is 0 Å². The summed E-state index contributed by atoms with van der Waals surface area (Å²) in [7, 11) is -3.82. The third-order valence-corrected chi connectivity index (χ3v) is 8.11. The summed E-state index contributed by atoms with van der Waals surface area (Å²) in [6.07, 6.45) is 1.57. The number of hydrogen-bond donors (Lipinski definition) is 2. The van der Waals surface area contributed by atoms with E-state index >= 15 is 0 Å². The third-order valence-electron chi connectivity index (χ3n) is 5.91. The molecule has 3 atom stereocenters. The molecule has 2 saturated heterocycles. The summed E-state index contributed by atoms with van der Waals surface area (Å²) in [4.78, 5) is 24.6. The van der Waals surface area contributed by atoms with Crippen LogP contribution in [0.15, 0.2) is 53.4 Å². The highest BCUT2D eigenvalue weighted by Crippen LogP contribution is 2.48. The molecule has 3 fully saturated rings. The third kappa shape index (κ3) is 4.20. The SMILES string of the molecule is CCNC(=O)Nc1ccc([C@@H]2[C@@H]3CC[C@@H](CC3=O)N2S(=O)(=O)c2ccc(Cl)cc2)cc1. The summed E-state index contributed by atoms with van der Waals surface area (Å²) >= 11 is 5.94. The van der Waals surface area contributed by atoms with Gasteiger partial charge in [0.1, 0.15) is 5.78 Å². The van der Waals surface area contributed by atoms with E-state index in [9.17, 15) is 18.0 Å². The van der Waals surface area contributed by atoms with Crippen LogP contribution < -0.4 is 10.6 Å². The fourth-order valence-electron chi connectivity index (χ4n) is 4.53. The number of anilines is 1. The smallest absolute Gasteiger partial charge is 0.319 e. The van der Waals surface area contributed by atoms with E-state index in [4.69, 9.17) is 11.6 Å². The van der Waals surface area contributed by atoms with Gasteiger partial charge in [0.25, 0.3) is 0 Å². The van der Waals surface area contributed by atoms with Crippen molar-refractivity contribution in [3.8, 4) is 0 Å². The molecule has 7 nitrogen and oxygen atoms in total. The molecule has 0 aromatic heterocycles. The Kier molecular flexibility index (Phi) is 6.05. The van der Waals surface area contributed by atoms with Crippen molar-refractivity contribution in [2.75, 3.05) is 11.9 Å². The zero-order chi connectivity index (χ0) is 22.2. The number of carbonyl (C=O) groups is 2. The summed E-state index contributed by atoms with van der Waals surface area (Å²) < 4.78 is 28.7. The minimum absolute atomic E-state index is 0.105. The maximum absolute atomic E-state index is 13.6. The summed E-state index contributed by atoms with van der Waals surface area (Å²) in [5.41, 5.74) is 1.33. The molecule has 0 radical (unpaired) electrons. The van der Waals surface area contributed by atoms with Gasteiger partial charge in [0.2, 0.25) is 10.0 Å². The van der Waals surface area contributed by atoms with Gasteiger partial charge in [-0.25, -0.2) is 13.2 Å². The maximum Gasteiger partial charge on any atom is 0.319 e. The molecule has 5 rings (SSSR count). The van der Waals surface area contributed by atoms with Gasteiger partial charge in [-0.3, -0.25) is 4.79 Å². The number of urea groups is 1. The average Bonchev–Trinajstić information content (AvgIpc) is 2.74. The van der Waals surface area contributed by atoms with Crippen molar-refractivity contribution >= 4 is 39.1 Å². The summed E-state index contributed by atoms with van der Waals surface area (Å²) in [5, 5.41) is 5.84. The van der Waals surface area contributed by atoms with E-state index in [2.05, 4.69) is 10.6 Å². The maximum atomic E-state index is 13.6. The molecule has 2 amide bonds. The molecular weight excluding hydrogens is 438 g/mol. The van der Waals surface area contributed by atoms with Gasteiger partial charge in [-0.2, -0.15) is 4.31 Å².